The van der Waals surface area contributed by atoms with E-state index in [1.807, 2.05) is 24.3 Å². The molecule has 64 valence electrons. The summed E-state index contributed by atoms with van der Waals surface area (Å²) in [6, 6.07) is 7.21. The summed E-state index contributed by atoms with van der Waals surface area (Å²) in [7, 11) is 0. The molecule has 12 heavy (non-hydrogen) atoms. The van der Waals surface area contributed by atoms with Crippen molar-refractivity contribution in [2.24, 2.45) is 5.73 Å². The molecule has 3 nitrogen and oxygen atoms in total. The summed E-state index contributed by atoms with van der Waals surface area (Å²) in [4.78, 5) is 0. The number of fused-ring (bicyclic) bond motifs is 1. The lowest BCUT2D eigenvalue weighted by Crippen LogP contribution is -2.35. The van der Waals surface area contributed by atoms with Crippen molar-refractivity contribution in [1.29, 1.82) is 0 Å². The summed E-state index contributed by atoms with van der Waals surface area (Å²) in [5.41, 5.74) is 6.65. The summed E-state index contributed by atoms with van der Waals surface area (Å²) >= 11 is 0. The van der Waals surface area contributed by atoms with E-state index in [-0.39, 0.29) is 12.6 Å². The van der Waals surface area contributed by atoms with E-state index < -0.39 is 6.10 Å². The van der Waals surface area contributed by atoms with E-state index in [0.717, 1.165) is 11.3 Å². The van der Waals surface area contributed by atoms with Crippen LogP contribution in [0, 0.1) is 0 Å². The van der Waals surface area contributed by atoms with Gasteiger partial charge in [0.15, 0.2) is 0 Å². The Bertz CT molecular complexity index is 288. The van der Waals surface area contributed by atoms with Crippen molar-refractivity contribution in [1.82, 2.24) is 0 Å². The normalized spacial score (nSPS) is 27.5. The molecule has 0 bridgehead atoms. The molecule has 0 fully saturated rings. The predicted molar refractivity (Wildman–Crippen MR) is 44.9 cm³/mol. The first-order valence-corrected chi connectivity index (χ1v) is 3.94. The van der Waals surface area contributed by atoms with Crippen molar-refractivity contribution in [2.75, 3.05) is 6.61 Å². The van der Waals surface area contributed by atoms with Gasteiger partial charge in [-0.05, 0) is 6.07 Å². The van der Waals surface area contributed by atoms with Crippen molar-refractivity contribution in [3.8, 4) is 5.75 Å². The zero-order valence-corrected chi connectivity index (χ0v) is 6.60. The third-order valence-electron chi connectivity index (χ3n) is 2.10. The molecular weight excluding hydrogens is 154 g/mol. The summed E-state index contributed by atoms with van der Waals surface area (Å²) in [6.07, 6.45) is -0.583. The molecule has 1 heterocycles. The Balaban J connectivity index is 2.42. The first-order chi connectivity index (χ1) is 5.79. The van der Waals surface area contributed by atoms with E-state index in [0.29, 0.717) is 0 Å². The van der Waals surface area contributed by atoms with Crippen LogP contribution in [0.2, 0.25) is 0 Å². The molecule has 0 radical (unpaired) electrons. The van der Waals surface area contributed by atoms with E-state index in [9.17, 15) is 5.11 Å². The molecule has 1 aliphatic rings. The zero-order chi connectivity index (χ0) is 8.55. The zero-order valence-electron chi connectivity index (χ0n) is 6.60. The number of para-hydroxylation sites is 1. The highest BCUT2D eigenvalue weighted by Gasteiger charge is 2.25. The topological polar surface area (TPSA) is 55.5 Å². The lowest BCUT2D eigenvalue weighted by Gasteiger charge is -2.27. The highest BCUT2D eigenvalue weighted by atomic mass is 16.5. The van der Waals surface area contributed by atoms with E-state index in [1.54, 1.807) is 0 Å². The maximum Gasteiger partial charge on any atom is 0.124 e. The predicted octanol–water partition coefficient (Wildman–Crippen LogP) is 0.440. The number of aliphatic hydroxyl groups is 1. The van der Waals surface area contributed by atoms with Crippen LogP contribution in [0.1, 0.15) is 11.6 Å². The highest BCUT2D eigenvalue weighted by molar-refractivity contribution is 5.37. The monoisotopic (exact) mass is 165 g/mol. The van der Waals surface area contributed by atoms with Gasteiger partial charge in [0.2, 0.25) is 0 Å². The number of rotatable bonds is 0. The van der Waals surface area contributed by atoms with Crippen molar-refractivity contribution in [3.63, 3.8) is 0 Å². The number of hydrogen-bond acceptors (Lipinski definition) is 3. The molecule has 2 rings (SSSR count). The molecule has 1 aromatic carbocycles. The van der Waals surface area contributed by atoms with Gasteiger partial charge < -0.3 is 15.6 Å². The van der Waals surface area contributed by atoms with Crippen LogP contribution in [0.4, 0.5) is 0 Å². The van der Waals surface area contributed by atoms with Crippen LogP contribution in [0.25, 0.3) is 0 Å². The minimum absolute atomic E-state index is 0.290. The summed E-state index contributed by atoms with van der Waals surface area (Å²) in [6.45, 7) is 0.290. The molecular formula is C9H11NO2. The fraction of sp³-hybridized carbons (Fsp3) is 0.333. The van der Waals surface area contributed by atoms with Gasteiger partial charge in [-0.2, -0.15) is 0 Å². The Hall–Kier alpha value is -1.06. The van der Waals surface area contributed by atoms with E-state index in [2.05, 4.69) is 0 Å². The third kappa shape index (κ3) is 1.07. The molecule has 3 heteroatoms. The molecule has 0 aliphatic carbocycles. The molecule has 0 amide bonds. The summed E-state index contributed by atoms with van der Waals surface area (Å²) < 4.78 is 5.28. The first-order valence-electron chi connectivity index (χ1n) is 3.94. The quantitative estimate of drug-likeness (QED) is 0.586. The highest BCUT2D eigenvalue weighted by Crippen LogP contribution is 2.29. The maximum absolute atomic E-state index is 9.37. The standard InChI is InChI=1S/C9H11NO2/c10-9-6-3-1-2-4-8(6)12-5-7(9)11/h1-4,7,9,11H,5,10H2/t7-,9-/m1/s1. The fourth-order valence-corrected chi connectivity index (χ4v) is 1.37. The van der Waals surface area contributed by atoms with Gasteiger partial charge in [-0.1, -0.05) is 18.2 Å². The Morgan fingerprint density at radius 1 is 1.42 bits per heavy atom. The molecule has 1 aliphatic heterocycles. The lowest BCUT2D eigenvalue weighted by molar-refractivity contribution is 0.0679. The summed E-state index contributed by atoms with van der Waals surface area (Å²) in [5, 5.41) is 9.37. The Morgan fingerprint density at radius 3 is 3.00 bits per heavy atom. The van der Waals surface area contributed by atoms with E-state index in [4.69, 9.17) is 10.5 Å². The number of hydrogen-bond donors (Lipinski definition) is 2. The van der Waals surface area contributed by atoms with Gasteiger partial charge in [0.1, 0.15) is 18.5 Å². The van der Waals surface area contributed by atoms with Crippen LogP contribution >= 0.6 is 0 Å². The van der Waals surface area contributed by atoms with E-state index in [1.165, 1.54) is 0 Å². The maximum atomic E-state index is 9.37. The van der Waals surface area contributed by atoms with Crippen molar-refractivity contribution in [3.05, 3.63) is 29.8 Å². The lowest BCUT2D eigenvalue weighted by atomic mass is 9.99. The van der Waals surface area contributed by atoms with Crippen LogP contribution in [0.5, 0.6) is 5.75 Å². The molecule has 3 N–H and O–H groups in total. The fourth-order valence-electron chi connectivity index (χ4n) is 1.37. The molecule has 0 spiro atoms. The second kappa shape index (κ2) is 2.77. The molecule has 0 saturated carbocycles. The smallest absolute Gasteiger partial charge is 0.124 e. The molecule has 2 atom stereocenters. The molecule has 0 unspecified atom stereocenters. The Morgan fingerprint density at radius 2 is 2.17 bits per heavy atom. The number of benzene rings is 1. The van der Waals surface area contributed by atoms with Crippen molar-refractivity contribution < 1.29 is 9.84 Å². The molecule has 1 aromatic rings. The van der Waals surface area contributed by atoms with Gasteiger partial charge in [-0.15, -0.1) is 0 Å². The van der Waals surface area contributed by atoms with Gasteiger partial charge in [-0.3, -0.25) is 0 Å². The number of nitrogens with two attached hydrogens (primary N) is 1. The minimum Gasteiger partial charge on any atom is -0.490 e. The van der Waals surface area contributed by atoms with Gasteiger partial charge in [0.25, 0.3) is 0 Å². The second-order valence-electron chi connectivity index (χ2n) is 2.94. The van der Waals surface area contributed by atoms with Crippen LogP contribution in [-0.2, 0) is 0 Å². The third-order valence-corrected chi connectivity index (χ3v) is 2.10. The Labute approximate surface area is 70.8 Å². The van der Waals surface area contributed by atoms with E-state index >= 15 is 0 Å². The number of ether oxygens (including phenoxy) is 1. The van der Waals surface area contributed by atoms with Gasteiger partial charge in [0.05, 0.1) is 6.04 Å². The second-order valence-corrected chi connectivity index (χ2v) is 2.94. The SMILES string of the molecule is N[C@@H]1c2ccccc2OC[C@H]1O. The Kier molecular flexibility index (Phi) is 1.75. The average molecular weight is 165 g/mol. The van der Waals surface area contributed by atoms with Gasteiger partial charge in [0, 0.05) is 5.56 Å². The van der Waals surface area contributed by atoms with Gasteiger partial charge >= 0.3 is 0 Å². The first kappa shape index (κ1) is 7.58. The van der Waals surface area contributed by atoms with Crippen LogP contribution in [-0.4, -0.2) is 17.8 Å². The van der Waals surface area contributed by atoms with Crippen LogP contribution < -0.4 is 10.5 Å². The van der Waals surface area contributed by atoms with Crippen molar-refractivity contribution >= 4 is 0 Å². The van der Waals surface area contributed by atoms with Crippen molar-refractivity contribution in [2.45, 2.75) is 12.1 Å². The molecule has 0 saturated heterocycles. The number of aliphatic hydroxyl groups excluding tert-OH is 1. The molecule has 0 aromatic heterocycles. The largest absolute Gasteiger partial charge is 0.490 e. The van der Waals surface area contributed by atoms with Gasteiger partial charge in [-0.25, -0.2) is 0 Å². The van der Waals surface area contributed by atoms with Crippen LogP contribution in [0.15, 0.2) is 24.3 Å². The minimum atomic E-state index is -0.583. The van der Waals surface area contributed by atoms with Crippen LogP contribution in [0.3, 0.4) is 0 Å². The average Bonchev–Trinajstić information content (AvgIpc) is 2.12. The summed E-state index contributed by atoms with van der Waals surface area (Å²) in [5.74, 6) is 0.787.